The van der Waals surface area contributed by atoms with E-state index in [2.05, 4.69) is 22.4 Å². The van der Waals surface area contributed by atoms with E-state index in [-0.39, 0.29) is 17.9 Å². The molecular weight excluding hydrogens is 437 g/mol. The topological polar surface area (TPSA) is 32.3 Å². The number of benzene rings is 2. The van der Waals surface area contributed by atoms with Gasteiger partial charge >= 0.3 is 6.18 Å². The van der Waals surface area contributed by atoms with Gasteiger partial charge in [-0.05, 0) is 86.1 Å². The molecule has 1 saturated carbocycles. The van der Waals surface area contributed by atoms with Crippen molar-refractivity contribution in [3.05, 3.63) is 83.5 Å². The van der Waals surface area contributed by atoms with Crippen molar-refractivity contribution in [2.45, 2.75) is 50.7 Å². The second-order valence-corrected chi connectivity index (χ2v) is 9.70. The number of hydrogen-bond acceptors (Lipinski definition) is 2. The Kier molecular flexibility index (Phi) is 6.00. The normalized spacial score (nSPS) is 24.5. The van der Waals surface area contributed by atoms with E-state index >= 15 is 0 Å². The van der Waals surface area contributed by atoms with Crippen LogP contribution in [-0.2, 0) is 6.18 Å². The zero-order chi connectivity index (χ0) is 23.9. The molecule has 4 atom stereocenters. The van der Waals surface area contributed by atoms with Crippen LogP contribution in [0.4, 0.5) is 24.5 Å². The Morgan fingerprint density at radius 1 is 1.09 bits per heavy atom. The largest absolute Gasteiger partial charge is 0.416 e. The minimum absolute atomic E-state index is 0.0209. The number of rotatable bonds is 4. The van der Waals surface area contributed by atoms with Gasteiger partial charge in [-0.25, -0.2) is 0 Å². The molecule has 2 aromatic rings. The van der Waals surface area contributed by atoms with Gasteiger partial charge in [-0.1, -0.05) is 30.7 Å². The maximum Gasteiger partial charge on any atom is 0.416 e. The Labute approximate surface area is 198 Å². The van der Waals surface area contributed by atoms with Gasteiger partial charge in [0.25, 0.3) is 5.91 Å². The molecule has 0 spiro atoms. The van der Waals surface area contributed by atoms with Crippen LogP contribution in [0.15, 0.2) is 66.8 Å². The van der Waals surface area contributed by atoms with Crippen LogP contribution in [0.3, 0.4) is 0 Å². The van der Waals surface area contributed by atoms with E-state index in [1.54, 1.807) is 12.1 Å². The number of nitrogens with one attached hydrogen (secondary N) is 1. The number of halogens is 3. The van der Waals surface area contributed by atoms with Crippen LogP contribution in [0.5, 0.6) is 0 Å². The predicted molar refractivity (Wildman–Crippen MR) is 128 cm³/mol. The Bertz CT molecular complexity index is 1120. The van der Waals surface area contributed by atoms with Crippen LogP contribution in [0.25, 0.3) is 0 Å². The van der Waals surface area contributed by atoms with Gasteiger partial charge in [0, 0.05) is 35.4 Å². The molecule has 3 nitrogen and oxygen atoms in total. The van der Waals surface area contributed by atoms with Crippen molar-refractivity contribution in [1.29, 1.82) is 0 Å². The lowest BCUT2D eigenvalue weighted by Gasteiger charge is -2.39. The third kappa shape index (κ3) is 4.38. The number of hydrogen-bond donors (Lipinski definition) is 1. The van der Waals surface area contributed by atoms with Crippen LogP contribution in [-0.4, -0.2) is 18.5 Å². The summed E-state index contributed by atoms with van der Waals surface area (Å²) in [5.41, 5.74) is 2.88. The number of nitrogens with zero attached hydrogens (tertiary/aromatic N) is 1. The molecule has 1 aliphatic heterocycles. The highest BCUT2D eigenvalue weighted by molar-refractivity contribution is 5.95. The minimum atomic E-state index is -4.35. The SMILES string of the molecule is C[C@H](NC(=O)c1ccc2c(c1)C1CCCC1CN2c1ccc(C(F)(F)F)cc1)C1C=CC=CC1. The summed E-state index contributed by atoms with van der Waals surface area (Å²) < 4.78 is 39.1. The molecule has 3 unspecified atom stereocenters. The quantitative estimate of drug-likeness (QED) is 0.527. The molecule has 2 aromatic carbocycles. The summed E-state index contributed by atoms with van der Waals surface area (Å²) in [7, 11) is 0. The Balaban J connectivity index is 1.42. The van der Waals surface area contributed by atoms with Crippen LogP contribution >= 0.6 is 0 Å². The number of anilines is 2. The summed E-state index contributed by atoms with van der Waals surface area (Å²) in [6.07, 6.45) is 8.15. The van der Waals surface area contributed by atoms with Gasteiger partial charge < -0.3 is 10.2 Å². The maximum absolute atomic E-state index is 13.1. The number of alkyl halides is 3. The Hall–Kier alpha value is -3.02. The van der Waals surface area contributed by atoms with Gasteiger partial charge in [-0.2, -0.15) is 13.2 Å². The van der Waals surface area contributed by atoms with E-state index in [0.29, 0.717) is 17.4 Å². The van der Waals surface area contributed by atoms with Crippen molar-refractivity contribution >= 4 is 17.3 Å². The molecule has 5 rings (SSSR count). The molecule has 1 heterocycles. The summed E-state index contributed by atoms with van der Waals surface area (Å²) in [5.74, 6) is 1.02. The molecule has 0 saturated heterocycles. The van der Waals surface area contributed by atoms with Gasteiger partial charge in [0.05, 0.1) is 5.56 Å². The van der Waals surface area contributed by atoms with Crippen molar-refractivity contribution in [3.8, 4) is 0 Å². The average Bonchev–Trinajstić information content (AvgIpc) is 3.32. The first-order valence-electron chi connectivity index (χ1n) is 12.0. The highest BCUT2D eigenvalue weighted by atomic mass is 19.4. The molecule has 0 radical (unpaired) electrons. The van der Waals surface area contributed by atoms with Crippen LogP contribution in [0, 0.1) is 11.8 Å². The zero-order valence-electron chi connectivity index (χ0n) is 19.2. The van der Waals surface area contributed by atoms with Gasteiger partial charge in [-0.15, -0.1) is 0 Å². The summed E-state index contributed by atoms with van der Waals surface area (Å²) in [4.78, 5) is 15.2. The number of carbonyl (C=O) groups excluding carboxylic acids is 1. The van der Waals surface area contributed by atoms with E-state index in [1.807, 2.05) is 37.3 Å². The molecule has 34 heavy (non-hydrogen) atoms. The second-order valence-electron chi connectivity index (χ2n) is 9.70. The summed E-state index contributed by atoms with van der Waals surface area (Å²) in [5, 5.41) is 3.15. The Morgan fingerprint density at radius 3 is 2.59 bits per heavy atom. The van der Waals surface area contributed by atoms with E-state index in [4.69, 9.17) is 0 Å². The van der Waals surface area contributed by atoms with Crippen molar-refractivity contribution in [1.82, 2.24) is 5.32 Å². The number of carbonyl (C=O) groups is 1. The third-order valence-electron chi connectivity index (χ3n) is 7.58. The monoisotopic (exact) mass is 466 g/mol. The molecule has 1 amide bonds. The number of fused-ring (bicyclic) bond motifs is 3. The fourth-order valence-electron chi connectivity index (χ4n) is 5.68. The smallest absolute Gasteiger partial charge is 0.349 e. The van der Waals surface area contributed by atoms with E-state index in [9.17, 15) is 18.0 Å². The molecule has 2 aliphatic carbocycles. The Morgan fingerprint density at radius 2 is 1.88 bits per heavy atom. The lowest BCUT2D eigenvalue weighted by Crippen LogP contribution is -2.38. The molecule has 3 aliphatic rings. The van der Waals surface area contributed by atoms with Crippen molar-refractivity contribution < 1.29 is 18.0 Å². The lowest BCUT2D eigenvalue weighted by molar-refractivity contribution is -0.137. The van der Waals surface area contributed by atoms with Crippen LogP contribution in [0.1, 0.15) is 60.0 Å². The fraction of sp³-hybridized carbons (Fsp3) is 0.393. The van der Waals surface area contributed by atoms with Gasteiger partial charge in [0.15, 0.2) is 0 Å². The predicted octanol–water partition coefficient (Wildman–Crippen LogP) is 6.99. The third-order valence-corrected chi connectivity index (χ3v) is 7.58. The number of allylic oxidation sites excluding steroid dienone is 3. The molecule has 0 bridgehead atoms. The second kappa shape index (κ2) is 8.97. The standard InChI is InChI=1S/C28H29F3N2O/c1-18(19-6-3-2-4-7-19)32-27(34)20-10-15-26-25(16-20)24-9-5-8-21(24)17-33(26)23-13-11-22(12-14-23)28(29,30)31/h2-4,6,10-16,18-19,21,24H,5,7-9,17H2,1H3,(H,32,34)/t18-,19?,21?,24?/m0/s1. The van der Waals surface area contributed by atoms with Gasteiger partial charge in [0.1, 0.15) is 0 Å². The van der Waals surface area contributed by atoms with E-state index < -0.39 is 11.7 Å². The first-order valence-corrected chi connectivity index (χ1v) is 12.0. The lowest BCUT2D eigenvalue weighted by atomic mass is 9.82. The minimum Gasteiger partial charge on any atom is -0.349 e. The molecular formula is C28H29F3N2O. The summed E-state index contributed by atoms with van der Waals surface area (Å²) >= 11 is 0. The van der Waals surface area contributed by atoms with E-state index in [0.717, 1.165) is 61.3 Å². The molecule has 178 valence electrons. The van der Waals surface area contributed by atoms with Crippen molar-refractivity contribution in [3.63, 3.8) is 0 Å². The summed E-state index contributed by atoms with van der Waals surface area (Å²) in [6, 6.07) is 11.2. The van der Waals surface area contributed by atoms with E-state index in [1.165, 1.54) is 0 Å². The number of amides is 1. The van der Waals surface area contributed by atoms with Crippen molar-refractivity contribution in [2.24, 2.45) is 11.8 Å². The van der Waals surface area contributed by atoms with Gasteiger partial charge in [-0.3, -0.25) is 4.79 Å². The average molecular weight is 467 g/mol. The highest BCUT2D eigenvalue weighted by Gasteiger charge is 2.38. The first-order chi connectivity index (χ1) is 16.3. The molecule has 1 N–H and O–H groups in total. The van der Waals surface area contributed by atoms with Gasteiger partial charge in [0.2, 0.25) is 0 Å². The zero-order valence-corrected chi connectivity index (χ0v) is 19.2. The van der Waals surface area contributed by atoms with Crippen LogP contribution in [0.2, 0.25) is 0 Å². The first kappa shape index (κ1) is 22.8. The molecule has 6 heteroatoms. The summed E-state index contributed by atoms with van der Waals surface area (Å²) in [6.45, 7) is 2.82. The van der Waals surface area contributed by atoms with Crippen LogP contribution < -0.4 is 10.2 Å². The van der Waals surface area contributed by atoms with Crippen molar-refractivity contribution in [2.75, 3.05) is 11.4 Å². The maximum atomic E-state index is 13.1. The highest BCUT2D eigenvalue weighted by Crippen LogP contribution is 2.50. The fourth-order valence-corrected chi connectivity index (χ4v) is 5.68. The molecule has 0 aromatic heterocycles. The molecule has 1 fully saturated rings.